The molecule has 3 nitrogen and oxygen atoms in total. The van der Waals surface area contributed by atoms with Crippen molar-refractivity contribution in [1.29, 1.82) is 0 Å². The summed E-state index contributed by atoms with van der Waals surface area (Å²) >= 11 is 1.11. The summed E-state index contributed by atoms with van der Waals surface area (Å²) < 4.78 is 37.1. The van der Waals surface area contributed by atoms with Crippen LogP contribution in [0.4, 0.5) is 13.2 Å². The fourth-order valence-corrected chi connectivity index (χ4v) is 3.80. The predicted molar refractivity (Wildman–Crippen MR) is 93.5 cm³/mol. The van der Waals surface area contributed by atoms with Crippen LogP contribution in [0.1, 0.15) is 61.7 Å². The largest absolute Gasteiger partial charge is 0.349 e. The van der Waals surface area contributed by atoms with Gasteiger partial charge in [0.25, 0.3) is 5.91 Å². The Hall–Kier alpha value is -1.50. The first-order valence-corrected chi connectivity index (χ1v) is 9.65. The SMILES string of the molecule is O=C(NC1CCCCCCC1)c1cccnc1SCCC(F)=C(F)F. The van der Waals surface area contributed by atoms with Crippen molar-refractivity contribution < 1.29 is 18.0 Å². The molecule has 0 unspecified atom stereocenters. The van der Waals surface area contributed by atoms with Gasteiger partial charge >= 0.3 is 6.08 Å². The quantitative estimate of drug-likeness (QED) is 0.672. The molecule has 1 heterocycles. The fourth-order valence-electron chi connectivity index (χ4n) is 2.87. The monoisotopic (exact) mass is 372 g/mol. The number of hydrogen-bond donors (Lipinski definition) is 1. The van der Waals surface area contributed by atoms with E-state index in [1.165, 1.54) is 25.5 Å². The van der Waals surface area contributed by atoms with E-state index in [4.69, 9.17) is 0 Å². The van der Waals surface area contributed by atoms with Gasteiger partial charge in [0.2, 0.25) is 0 Å². The van der Waals surface area contributed by atoms with Crippen molar-refractivity contribution in [1.82, 2.24) is 10.3 Å². The Morgan fingerprint density at radius 3 is 2.52 bits per heavy atom. The van der Waals surface area contributed by atoms with Crippen LogP contribution < -0.4 is 5.32 Å². The van der Waals surface area contributed by atoms with E-state index in [1.54, 1.807) is 12.1 Å². The smallest absolute Gasteiger partial charge is 0.301 e. The van der Waals surface area contributed by atoms with Gasteiger partial charge in [-0.05, 0) is 25.0 Å². The van der Waals surface area contributed by atoms with Gasteiger partial charge in [0.05, 0.1) is 5.56 Å². The molecule has 0 aliphatic heterocycles. The van der Waals surface area contributed by atoms with Crippen LogP contribution in [0.2, 0.25) is 0 Å². The summed E-state index contributed by atoms with van der Waals surface area (Å²) in [5, 5.41) is 3.51. The third-order valence-electron chi connectivity index (χ3n) is 4.22. The predicted octanol–water partition coefficient (Wildman–Crippen LogP) is 5.48. The molecule has 0 radical (unpaired) electrons. The Balaban J connectivity index is 1.95. The number of amides is 1. The van der Waals surface area contributed by atoms with E-state index in [2.05, 4.69) is 10.3 Å². The number of thioether (sulfide) groups is 1. The van der Waals surface area contributed by atoms with Crippen molar-refractivity contribution in [3.05, 3.63) is 35.8 Å². The van der Waals surface area contributed by atoms with Crippen molar-refractivity contribution >= 4 is 17.7 Å². The molecule has 1 aliphatic rings. The van der Waals surface area contributed by atoms with Crippen molar-refractivity contribution in [2.24, 2.45) is 0 Å². The van der Waals surface area contributed by atoms with E-state index in [0.717, 1.165) is 37.4 Å². The molecule has 0 aromatic carbocycles. The molecule has 1 N–H and O–H groups in total. The highest BCUT2D eigenvalue weighted by Crippen LogP contribution is 2.24. The fraction of sp³-hybridized carbons (Fsp3) is 0.556. The third kappa shape index (κ3) is 6.72. The molecule has 25 heavy (non-hydrogen) atoms. The van der Waals surface area contributed by atoms with E-state index in [-0.39, 0.29) is 24.1 Å². The van der Waals surface area contributed by atoms with Gasteiger partial charge in [-0.2, -0.15) is 8.78 Å². The van der Waals surface area contributed by atoms with Crippen LogP contribution in [-0.2, 0) is 0 Å². The summed E-state index contributed by atoms with van der Waals surface area (Å²) in [4.78, 5) is 16.7. The number of pyridine rings is 1. The van der Waals surface area contributed by atoms with Crippen LogP contribution in [0.3, 0.4) is 0 Å². The summed E-state index contributed by atoms with van der Waals surface area (Å²) in [6, 6.07) is 3.49. The zero-order valence-electron chi connectivity index (χ0n) is 14.1. The lowest BCUT2D eigenvalue weighted by Gasteiger charge is -2.21. The van der Waals surface area contributed by atoms with E-state index in [0.29, 0.717) is 10.6 Å². The molecule has 0 bridgehead atoms. The summed E-state index contributed by atoms with van der Waals surface area (Å²) in [5.41, 5.74) is 0.416. The number of nitrogens with zero attached hydrogens (tertiary/aromatic N) is 1. The molecule has 1 fully saturated rings. The maximum Gasteiger partial charge on any atom is 0.301 e. The van der Waals surface area contributed by atoms with Crippen LogP contribution in [0.15, 0.2) is 35.3 Å². The second kappa shape index (κ2) is 10.5. The molecule has 1 aromatic rings. The van der Waals surface area contributed by atoms with Crippen LogP contribution in [-0.4, -0.2) is 22.7 Å². The summed E-state index contributed by atoms with van der Waals surface area (Å²) in [5.74, 6) is -1.51. The highest BCUT2D eigenvalue weighted by molar-refractivity contribution is 7.99. The van der Waals surface area contributed by atoms with E-state index < -0.39 is 11.9 Å². The number of halogens is 3. The Morgan fingerprint density at radius 1 is 1.16 bits per heavy atom. The average Bonchev–Trinajstić information content (AvgIpc) is 2.57. The molecule has 138 valence electrons. The minimum atomic E-state index is -2.29. The van der Waals surface area contributed by atoms with Gasteiger partial charge in [-0.1, -0.05) is 32.1 Å². The average molecular weight is 372 g/mol. The van der Waals surface area contributed by atoms with Gasteiger partial charge in [0.15, 0.2) is 5.83 Å². The molecule has 1 aliphatic carbocycles. The van der Waals surface area contributed by atoms with Gasteiger partial charge in [-0.25, -0.2) is 9.37 Å². The van der Waals surface area contributed by atoms with Crippen LogP contribution >= 0.6 is 11.8 Å². The number of allylic oxidation sites excluding steroid dienone is 1. The Kier molecular flexibility index (Phi) is 8.31. The molecule has 0 atom stereocenters. The molecule has 1 aromatic heterocycles. The highest BCUT2D eigenvalue weighted by Gasteiger charge is 2.18. The lowest BCUT2D eigenvalue weighted by atomic mass is 9.96. The molecule has 7 heteroatoms. The van der Waals surface area contributed by atoms with Gasteiger partial charge in [0.1, 0.15) is 5.03 Å². The second-order valence-electron chi connectivity index (χ2n) is 6.14. The molecule has 0 spiro atoms. The topological polar surface area (TPSA) is 42.0 Å². The maximum absolute atomic E-state index is 12.9. The number of rotatable bonds is 6. The summed E-state index contributed by atoms with van der Waals surface area (Å²) in [6.45, 7) is 0. The van der Waals surface area contributed by atoms with Crippen LogP contribution in [0, 0.1) is 0 Å². The Bertz CT molecular complexity index is 598. The number of carbonyl (C=O) groups is 1. The number of aromatic nitrogens is 1. The zero-order chi connectivity index (χ0) is 18.1. The van der Waals surface area contributed by atoms with Gasteiger partial charge in [-0.3, -0.25) is 4.79 Å². The zero-order valence-corrected chi connectivity index (χ0v) is 14.9. The summed E-state index contributed by atoms with van der Waals surface area (Å²) in [6.07, 6.45) is 6.69. The standard InChI is InChI=1S/C18H23F3N2OS/c19-15(16(20)21)10-12-25-18-14(9-6-11-22-18)17(24)23-13-7-4-2-1-3-5-8-13/h6,9,11,13H,1-5,7-8,10,12H2,(H,23,24). The van der Waals surface area contributed by atoms with Gasteiger partial charge in [-0.15, -0.1) is 11.8 Å². The van der Waals surface area contributed by atoms with E-state index >= 15 is 0 Å². The number of nitrogens with one attached hydrogen (secondary N) is 1. The first-order chi connectivity index (χ1) is 12.1. The third-order valence-corrected chi connectivity index (χ3v) is 5.23. The van der Waals surface area contributed by atoms with Crippen molar-refractivity contribution in [2.75, 3.05) is 5.75 Å². The first kappa shape index (κ1) is 19.8. The van der Waals surface area contributed by atoms with Crippen molar-refractivity contribution in [3.63, 3.8) is 0 Å². The normalized spacial score (nSPS) is 16.0. The summed E-state index contributed by atoms with van der Waals surface area (Å²) in [7, 11) is 0. The molecule has 1 amide bonds. The number of carbonyl (C=O) groups excluding carboxylic acids is 1. The Morgan fingerprint density at radius 2 is 1.84 bits per heavy atom. The minimum Gasteiger partial charge on any atom is -0.349 e. The molecule has 1 saturated carbocycles. The van der Waals surface area contributed by atoms with E-state index in [9.17, 15) is 18.0 Å². The second-order valence-corrected chi connectivity index (χ2v) is 7.22. The lowest BCUT2D eigenvalue weighted by molar-refractivity contribution is 0.0926. The number of hydrogen-bond acceptors (Lipinski definition) is 3. The minimum absolute atomic E-state index is 0.101. The Labute approximate surface area is 150 Å². The molecule has 2 rings (SSSR count). The van der Waals surface area contributed by atoms with Gasteiger partial charge < -0.3 is 5.32 Å². The maximum atomic E-state index is 12.9. The highest BCUT2D eigenvalue weighted by atomic mass is 32.2. The first-order valence-electron chi connectivity index (χ1n) is 8.66. The van der Waals surface area contributed by atoms with E-state index in [1.807, 2.05) is 0 Å². The lowest BCUT2D eigenvalue weighted by Crippen LogP contribution is -2.35. The molecular weight excluding hydrogens is 349 g/mol. The van der Waals surface area contributed by atoms with Crippen molar-refractivity contribution in [2.45, 2.75) is 62.4 Å². The molecular formula is C18H23F3N2OS. The van der Waals surface area contributed by atoms with Crippen molar-refractivity contribution in [3.8, 4) is 0 Å². The van der Waals surface area contributed by atoms with Gasteiger partial charge in [0, 0.05) is 24.4 Å². The molecule has 0 saturated heterocycles. The van der Waals surface area contributed by atoms with Crippen LogP contribution in [0.25, 0.3) is 0 Å². The van der Waals surface area contributed by atoms with Crippen LogP contribution in [0.5, 0.6) is 0 Å².